The summed E-state index contributed by atoms with van der Waals surface area (Å²) in [5.41, 5.74) is 1.53. The second kappa shape index (κ2) is 8.01. The average Bonchev–Trinajstić information content (AvgIpc) is 3.21. The van der Waals surface area contributed by atoms with E-state index in [-0.39, 0.29) is 24.8 Å². The Balaban J connectivity index is 1.62. The highest BCUT2D eigenvalue weighted by Gasteiger charge is 2.12. The standard InChI is InChI=1S/C18H19N3O4S/c1-3-25-17(23)9-13-11-26-18(19-13)20-16(22)10-21-7-6-12-8-14(24-2)4-5-15(12)21/h4-8,11H,3,9-10H2,1-2H3,(H,19,20,22). The number of nitrogens with zero attached hydrogens (tertiary/aromatic N) is 2. The third-order valence-electron chi connectivity index (χ3n) is 3.72. The number of carbonyl (C=O) groups excluding carboxylic acids is 2. The van der Waals surface area contributed by atoms with Crippen molar-refractivity contribution >= 4 is 39.2 Å². The molecule has 0 fully saturated rings. The number of aromatic nitrogens is 2. The summed E-state index contributed by atoms with van der Waals surface area (Å²) in [4.78, 5) is 28.0. The number of fused-ring (bicyclic) bond motifs is 1. The van der Waals surface area contributed by atoms with Gasteiger partial charge in [0.2, 0.25) is 5.91 Å². The van der Waals surface area contributed by atoms with Gasteiger partial charge in [0, 0.05) is 22.5 Å². The summed E-state index contributed by atoms with van der Waals surface area (Å²) in [5.74, 6) is 0.261. The van der Waals surface area contributed by atoms with Gasteiger partial charge in [-0.1, -0.05) is 0 Å². The normalized spacial score (nSPS) is 10.7. The zero-order valence-electron chi connectivity index (χ0n) is 14.5. The van der Waals surface area contributed by atoms with Crippen LogP contribution >= 0.6 is 11.3 Å². The number of nitrogens with one attached hydrogen (secondary N) is 1. The Hall–Kier alpha value is -2.87. The first kappa shape index (κ1) is 17.9. The summed E-state index contributed by atoms with van der Waals surface area (Å²) in [6.45, 7) is 2.26. The molecule has 0 unspecified atom stereocenters. The van der Waals surface area contributed by atoms with E-state index in [9.17, 15) is 9.59 Å². The van der Waals surface area contributed by atoms with Gasteiger partial charge in [0.15, 0.2) is 5.13 Å². The van der Waals surface area contributed by atoms with E-state index in [1.54, 1.807) is 19.4 Å². The number of hydrogen-bond donors (Lipinski definition) is 1. The molecule has 0 spiro atoms. The predicted octanol–water partition coefficient (Wildman–Crippen LogP) is 2.85. The molecule has 3 rings (SSSR count). The van der Waals surface area contributed by atoms with Crippen molar-refractivity contribution in [3.63, 3.8) is 0 Å². The van der Waals surface area contributed by atoms with E-state index in [1.165, 1.54) is 11.3 Å². The quantitative estimate of drug-likeness (QED) is 0.644. The lowest BCUT2D eigenvalue weighted by molar-refractivity contribution is -0.142. The Morgan fingerprint density at radius 2 is 2.15 bits per heavy atom. The molecule has 1 N–H and O–H groups in total. The van der Waals surface area contributed by atoms with Crippen LogP contribution in [-0.2, 0) is 27.3 Å². The smallest absolute Gasteiger partial charge is 0.311 e. The van der Waals surface area contributed by atoms with E-state index in [4.69, 9.17) is 9.47 Å². The number of benzene rings is 1. The number of rotatable bonds is 7. The van der Waals surface area contributed by atoms with Crippen molar-refractivity contribution in [3.05, 3.63) is 41.5 Å². The fraction of sp³-hybridized carbons (Fsp3) is 0.278. The van der Waals surface area contributed by atoms with Crippen LogP contribution in [-0.4, -0.2) is 35.1 Å². The van der Waals surface area contributed by atoms with Gasteiger partial charge in [0.25, 0.3) is 0 Å². The fourth-order valence-electron chi connectivity index (χ4n) is 2.56. The maximum absolute atomic E-state index is 12.3. The summed E-state index contributed by atoms with van der Waals surface area (Å²) < 4.78 is 12.0. The van der Waals surface area contributed by atoms with E-state index >= 15 is 0 Å². The third kappa shape index (κ3) is 4.20. The Morgan fingerprint density at radius 3 is 2.92 bits per heavy atom. The van der Waals surface area contributed by atoms with Crippen molar-refractivity contribution < 1.29 is 19.1 Å². The van der Waals surface area contributed by atoms with Gasteiger partial charge in [-0.25, -0.2) is 4.98 Å². The van der Waals surface area contributed by atoms with Crippen LogP contribution < -0.4 is 10.1 Å². The maximum Gasteiger partial charge on any atom is 0.311 e. The van der Waals surface area contributed by atoms with Gasteiger partial charge in [-0.2, -0.15) is 0 Å². The molecule has 0 atom stereocenters. The first-order chi connectivity index (χ1) is 12.6. The number of ether oxygens (including phenoxy) is 2. The van der Waals surface area contributed by atoms with Gasteiger partial charge >= 0.3 is 5.97 Å². The molecule has 0 bridgehead atoms. The third-order valence-corrected chi connectivity index (χ3v) is 4.53. The Labute approximate surface area is 154 Å². The Morgan fingerprint density at radius 1 is 1.31 bits per heavy atom. The predicted molar refractivity (Wildman–Crippen MR) is 99.6 cm³/mol. The summed E-state index contributed by atoms with van der Waals surface area (Å²) >= 11 is 1.28. The van der Waals surface area contributed by atoms with Crippen molar-refractivity contribution in [3.8, 4) is 5.75 Å². The molecule has 1 aromatic carbocycles. The van der Waals surface area contributed by atoms with Gasteiger partial charge in [-0.05, 0) is 31.2 Å². The van der Waals surface area contributed by atoms with Crippen LogP contribution in [0.4, 0.5) is 5.13 Å². The molecule has 0 aliphatic carbocycles. The monoisotopic (exact) mass is 373 g/mol. The van der Waals surface area contributed by atoms with Crippen LogP contribution in [0.1, 0.15) is 12.6 Å². The van der Waals surface area contributed by atoms with Crippen LogP contribution in [0.25, 0.3) is 10.9 Å². The molecule has 7 nitrogen and oxygen atoms in total. The topological polar surface area (TPSA) is 82.5 Å². The van der Waals surface area contributed by atoms with Crippen LogP contribution in [0.3, 0.4) is 0 Å². The van der Waals surface area contributed by atoms with Crippen molar-refractivity contribution in [1.29, 1.82) is 0 Å². The summed E-state index contributed by atoms with van der Waals surface area (Å²) in [6, 6.07) is 7.64. The second-order valence-corrected chi connectivity index (χ2v) is 6.40. The number of anilines is 1. The van der Waals surface area contributed by atoms with Gasteiger partial charge in [0.05, 0.1) is 25.8 Å². The number of carbonyl (C=O) groups is 2. The van der Waals surface area contributed by atoms with E-state index in [2.05, 4.69) is 10.3 Å². The molecule has 26 heavy (non-hydrogen) atoms. The summed E-state index contributed by atoms with van der Waals surface area (Å²) in [7, 11) is 1.62. The van der Waals surface area contributed by atoms with Crippen LogP contribution in [0.2, 0.25) is 0 Å². The SMILES string of the molecule is CCOC(=O)Cc1csc(NC(=O)Cn2ccc3cc(OC)ccc32)n1. The molecule has 2 aromatic heterocycles. The lowest BCUT2D eigenvalue weighted by Gasteiger charge is -2.06. The molecule has 0 aliphatic rings. The molecular formula is C18H19N3O4S. The number of methoxy groups -OCH3 is 1. The van der Waals surface area contributed by atoms with Crippen LogP contribution in [0, 0.1) is 0 Å². The fourth-order valence-corrected chi connectivity index (χ4v) is 3.29. The van der Waals surface area contributed by atoms with Gasteiger partial charge < -0.3 is 19.4 Å². The molecule has 0 saturated heterocycles. The highest BCUT2D eigenvalue weighted by molar-refractivity contribution is 7.13. The van der Waals surface area contributed by atoms with Gasteiger partial charge in [-0.3, -0.25) is 9.59 Å². The number of amides is 1. The first-order valence-electron chi connectivity index (χ1n) is 8.11. The lowest BCUT2D eigenvalue weighted by Crippen LogP contribution is -2.18. The summed E-state index contributed by atoms with van der Waals surface area (Å²) in [6.07, 6.45) is 1.96. The average molecular weight is 373 g/mol. The Kier molecular flexibility index (Phi) is 5.52. The molecular weight excluding hydrogens is 354 g/mol. The van der Waals surface area contributed by atoms with Crippen molar-refractivity contribution in [2.45, 2.75) is 19.9 Å². The Bertz CT molecular complexity index is 932. The van der Waals surface area contributed by atoms with Crippen molar-refractivity contribution in [1.82, 2.24) is 9.55 Å². The van der Waals surface area contributed by atoms with Crippen molar-refractivity contribution in [2.75, 3.05) is 19.0 Å². The zero-order valence-corrected chi connectivity index (χ0v) is 15.3. The van der Waals surface area contributed by atoms with Crippen LogP contribution in [0.15, 0.2) is 35.8 Å². The highest BCUT2D eigenvalue weighted by Crippen LogP contribution is 2.22. The molecule has 0 aliphatic heterocycles. The lowest BCUT2D eigenvalue weighted by atomic mass is 10.2. The maximum atomic E-state index is 12.3. The summed E-state index contributed by atoms with van der Waals surface area (Å²) in [5, 5.41) is 5.97. The minimum Gasteiger partial charge on any atom is -0.497 e. The molecule has 3 aromatic rings. The van der Waals surface area contributed by atoms with Gasteiger partial charge in [0.1, 0.15) is 12.3 Å². The molecule has 8 heteroatoms. The zero-order chi connectivity index (χ0) is 18.5. The number of thiazole rings is 1. The van der Waals surface area contributed by atoms with E-state index < -0.39 is 0 Å². The second-order valence-electron chi connectivity index (χ2n) is 5.54. The van der Waals surface area contributed by atoms with Crippen LogP contribution in [0.5, 0.6) is 5.75 Å². The van der Waals surface area contributed by atoms with E-state index in [1.807, 2.05) is 35.0 Å². The van der Waals surface area contributed by atoms with Crippen molar-refractivity contribution in [2.24, 2.45) is 0 Å². The van der Waals surface area contributed by atoms with E-state index in [0.717, 1.165) is 16.7 Å². The number of hydrogen-bond acceptors (Lipinski definition) is 6. The molecule has 1 amide bonds. The molecule has 2 heterocycles. The first-order valence-corrected chi connectivity index (χ1v) is 8.99. The van der Waals surface area contributed by atoms with Gasteiger partial charge in [-0.15, -0.1) is 11.3 Å². The molecule has 0 saturated carbocycles. The molecule has 136 valence electrons. The van der Waals surface area contributed by atoms with E-state index in [0.29, 0.717) is 17.4 Å². The highest BCUT2D eigenvalue weighted by atomic mass is 32.1. The number of esters is 1. The minimum atomic E-state index is -0.329. The largest absolute Gasteiger partial charge is 0.497 e. The molecule has 0 radical (unpaired) electrons. The minimum absolute atomic E-state index is 0.101.